The van der Waals surface area contributed by atoms with Crippen molar-refractivity contribution < 1.29 is 36.3 Å². The molecule has 2 amide bonds. The maximum absolute atomic E-state index is 14.8. The lowest BCUT2D eigenvalue weighted by molar-refractivity contribution is -0.140. The zero-order valence-electron chi connectivity index (χ0n) is 21.1. The zero-order chi connectivity index (χ0) is 28.9. The molecule has 0 saturated carbocycles. The van der Waals surface area contributed by atoms with E-state index in [0.717, 1.165) is 10.7 Å². The second kappa shape index (κ2) is 9.68. The van der Waals surface area contributed by atoms with Gasteiger partial charge in [-0.05, 0) is 48.5 Å². The number of nitrogens with one attached hydrogen (secondary N) is 1. The summed E-state index contributed by atoms with van der Waals surface area (Å²) in [6.45, 7) is 0.174. The molecule has 6 rings (SSSR count). The van der Waals surface area contributed by atoms with E-state index in [1.807, 2.05) is 0 Å². The van der Waals surface area contributed by atoms with Gasteiger partial charge in [0.1, 0.15) is 17.2 Å². The minimum Gasteiger partial charge on any atom is -0.437 e. The summed E-state index contributed by atoms with van der Waals surface area (Å²) in [6, 6.07) is 11.4. The molecule has 1 N–H and O–H groups in total. The van der Waals surface area contributed by atoms with Crippen LogP contribution in [-0.4, -0.2) is 44.8 Å². The summed E-state index contributed by atoms with van der Waals surface area (Å²) in [7, 11) is 0. The molecule has 210 valence electrons. The minimum atomic E-state index is -4.94. The van der Waals surface area contributed by atoms with Crippen molar-refractivity contribution in [3.8, 4) is 16.9 Å². The summed E-state index contributed by atoms with van der Waals surface area (Å²) in [4.78, 5) is 31.3. The zero-order valence-corrected chi connectivity index (χ0v) is 21.1. The predicted octanol–water partition coefficient (Wildman–Crippen LogP) is 5.92. The Morgan fingerprint density at radius 1 is 1.00 bits per heavy atom. The molecule has 0 radical (unpaired) electrons. The van der Waals surface area contributed by atoms with Crippen molar-refractivity contribution >= 4 is 17.7 Å². The van der Waals surface area contributed by atoms with E-state index in [1.54, 1.807) is 18.2 Å². The largest absolute Gasteiger partial charge is 0.437 e. The van der Waals surface area contributed by atoms with Crippen LogP contribution in [0.3, 0.4) is 0 Å². The number of amides is 2. The number of alkyl halides is 3. The smallest absolute Gasteiger partial charge is 0.419 e. The summed E-state index contributed by atoms with van der Waals surface area (Å²) in [5, 5.41) is 6.80. The molecule has 1 spiro atoms. The van der Waals surface area contributed by atoms with Gasteiger partial charge in [-0.15, -0.1) is 0 Å². The first kappa shape index (κ1) is 26.4. The first-order chi connectivity index (χ1) is 19.6. The summed E-state index contributed by atoms with van der Waals surface area (Å²) in [5.41, 5.74) is -1.68. The van der Waals surface area contributed by atoms with Crippen molar-refractivity contribution in [1.29, 1.82) is 0 Å². The molecular formula is C28H20F5N5O3. The molecule has 2 aromatic carbocycles. The first-order valence-electron chi connectivity index (χ1n) is 12.5. The van der Waals surface area contributed by atoms with Gasteiger partial charge in [-0.25, -0.2) is 18.3 Å². The van der Waals surface area contributed by atoms with Gasteiger partial charge in [0.2, 0.25) is 0 Å². The molecule has 0 atom stereocenters. The lowest BCUT2D eigenvalue weighted by Gasteiger charge is -2.44. The van der Waals surface area contributed by atoms with E-state index in [9.17, 15) is 31.5 Å². The van der Waals surface area contributed by atoms with Crippen molar-refractivity contribution in [3.63, 3.8) is 0 Å². The van der Waals surface area contributed by atoms with E-state index in [2.05, 4.69) is 15.4 Å². The molecule has 2 aromatic heterocycles. The quantitative estimate of drug-likeness (QED) is 0.309. The summed E-state index contributed by atoms with van der Waals surface area (Å²) in [6.07, 6.45) is -2.47. The highest BCUT2D eigenvalue weighted by Crippen LogP contribution is 2.45. The van der Waals surface area contributed by atoms with Crippen molar-refractivity contribution in [2.75, 3.05) is 18.4 Å². The third-order valence-corrected chi connectivity index (χ3v) is 7.24. The third kappa shape index (κ3) is 4.66. The molecule has 0 unspecified atom stereocenters. The Morgan fingerprint density at radius 3 is 2.49 bits per heavy atom. The minimum absolute atomic E-state index is 0.0772. The molecule has 2 aliphatic heterocycles. The van der Waals surface area contributed by atoms with Crippen LogP contribution < -0.4 is 5.32 Å². The van der Waals surface area contributed by atoms with Gasteiger partial charge in [0, 0.05) is 43.9 Å². The molecule has 1 fully saturated rings. The Labute approximate surface area is 229 Å². The van der Waals surface area contributed by atoms with E-state index in [-0.39, 0.29) is 48.6 Å². The van der Waals surface area contributed by atoms with Gasteiger partial charge >= 0.3 is 12.3 Å². The van der Waals surface area contributed by atoms with Crippen molar-refractivity contribution in [2.45, 2.75) is 24.6 Å². The number of fused-ring (bicyclic) bond motifs is 2. The van der Waals surface area contributed by atoms with E-state index in [0.29, 0.717) is 23.4 Å². The molecule has 0 bridgehead atoms. The second-order valence-corrected chi connectivity index (χ2v) is 9.69. The number of likely N-dealkylation sites (tertiary alicyclic amines) is 1. The number of carbonyl (C=O) groups excluding carboxylic acids is 2. The number of nitrogens with zero attached hydrogens (tertiary/aromatic N) is 4. The van der Waals surface area contributed by atoms with Crippen LogP contribution in [0, 0.1) is 11.6 Å². The number of carbonyl (C=O) groups is 2. The van der Waals surface area contributed by atoms with Gasteiger partial charge < -0.3 is 9.64 Å². The number of ether oxygens (including phenoxy) is 1. The molecule has 4 heterocycles. The van der Waals surface area contributed by atoms with Crippen LogP contribution in [0.1, 0.15) is 34.5 Å². The molecule has 2 aliphatic rings. The lowest BCUT2D eigenvalue weighted by atomic mass is 9.82. The molecule has 41 heavy (non-hydrogen) atoms. The number of aromatic nitrogens is 3. The highest BCUT2D eigenvalue weighted by molar-refractivity contribution is 5.94. The number of rotatable bonds is 3. The molecule has 0 aliphatic carbocycles. The van der Waals surface area contributed by atoms with E-state index >= 15 is 0 Å². The molecule has 4 aromatic rings. The monoisotopic (exact) mass is 569 g/mol. The topological polar surface area (TPSA) is 89.4 Å². The number of halogens is 5. The Kier molecular flexibility index (Phi) is 6.24. The standard InChI is InChI=1S/C28H20F5N5O3/c29-19-7-6-17(13-18(19)28(31,32)33)38-23(16-3-2-10-34-15-16)14-22(36-38)25(39)37-11-8-27(9-12-37)24-20(30)4-1-5-21(24)35-26(40)41-27/h1-7,10,13-15H,8-9,11-12H2,(H,35,40). The van der Waals surface area contributed by atoms with Gasteiger partial charge in [-0.2, -0.15) is 18.3 Å². The number of benzene rings is 2. The maximum Gasteiger partial charge on any atom is 0.419 e. The highest BCUT2D eigenvalue weighted by Gasteiger charge is 2.47. The van der Waals surface area contributed by atoms with Crippen LogP contribution in [0.4, 0.5) is 32.4 Å². The van der Waals surface area contributed by atoms with Crippen LogP contribution in [-0.2, 0) is 16.5 Å². The van der Waals surface area contributed by atoms with Gasteiger partial charge in [-0.3, -0.25) is 15.1 Å². The number of hydrogen-bond donors (Lipinski definition) is 1. The average molecular weight is 569 g/mol. The van der Waals surface area contributed by atoms with Crippen LogP contribution in [0.15, 0.2) is 67.0 Å². The van der Waals surface area contributed by atoms with Crippen LogP contribution in [0.25, 0.3) is 16.9 Å². The van der Waals surface area contributed by atoms with Crippen LogP contribution >= 0.6 is 0 Å². The Morgan fingerprint density at radius 2 is 1.78 bits per heavy atom. The fraction of sp³-hybridized carbons (Fsp3) is 0.214. The predicted molar refractivity (Wildman–Crippen MR) is 135 cm³/mol. The number of pyridine rings is 1. The van der Waals surface area contributed by atoms with Crippen LogP contribution in [0.5, 0.6) is 0 Å². The maximum atomic E-state index is 14.8. The van der Waals surface area contributed by atoms with Gasteiger partial charge in [0.05, 0.1) is 28.2 Å². The Hall–Kier alpha value is -4.81. The van der Waals surface area contributed by atoms with Gasteiger partial charge in [-0.1, -0.05) is 6.07 Å². The van der Waals surface area contributed by atoms with E-state index < -0.39 is 41.0 Å². The number of hydrogen-bond acceptors (Lipinski definition) is 5. The Bertz CT molecular complexity index is 1660. The first-order valence-corrected chi connectivity index (χ1v) is 12.5. The molecule has 8 nitrogen and oxygen atoms in total. The molecule has 1 saturated heterocycles. The second-order valence-electron chi connectivity index (χ2n) is 9.69. The van der Waals surface area contributed by atoms with E-state index in [4.69, 9.17) is 4.74 Å². The van der Waals surface area contributed by atoms with Crippen LogP contribution in [0.2, 0.25) is 0 Å². The summed E-state index contributed by atoms with van der Waals surface area (Å²) >= 11 is 0. The third-order valence-electron chi connectivity index (χ3n) is 7.24. The summed E-state index contributed by atoms with van der Waals surface area (Å²) < 4.78 is 75.8. The normalized spacial score (nSPS) is 16.2. The fourth-order valence-corrected chi connectivity index (χ4v) is 5.30. The Balaban J connectivity index is 1.33. The SMILES string of the molecule is O=C1Nc2cccc(F)c2C2(CCN(C(=O)c3cc(-c4cccnc4)n(-c4ccc(F)c(C(F)(F)F)c4)n3)CC2)O1. The summed E-state index contributed by atoms with van der Waals surface area (Å²) in [5.74, 6) is -2.51. The van der Waals surface area contributed by atoms with Crippen molar-refractivity contribution in [3.05, 3.63) is 95.4 Å². The number of piperidine rings is 1. The number of anilines is 1. The highest BCUT2D eigenvalue weighted by atomic mass is 19.4. The van der Waals surface area contributed by atoms with Gasteiger partial charge in [0.25, 0.3) is 5.91 Å². The fourth-order valence-electron chi connectivity index (χ4n) is 5.30. The molecular weight excluding hydrogens is 549 g/mol. The van der Waals surface area contributed by atoms with Crippen molar-refractivity contribution in [1.82, 2.24) is 19.7 Å². The average Bonchev–Trinajstić information content (AvgIpc) is 3.38. The molecule has 13 heteroatoms. The lowest BCUT2D eigenvalue weighted by Crippen LogP contribution is -2.50. The van der Waals surface area contributed by atoms with Crippen molar-refractivity contribution in [2.24, 2.45) is 0 Å². The van der Waals surface area contributed by atoms with Gasteiger partial charge in [0.15, 0.2) is 5.69 Å². The van der Waals surface area contributed by atoms with E-state index in [1.165, 1.54) is 35.5 Å².